The summed E-state index contributed by atoms with van der Waals surface area (Å²) in [4.78, 5) is 23.7. The van der Waals surface area contributed by atoms with E-state index in [0.29, 0.717) is 6.42 Å². The number of ether oxygens (including phenoxy) is 4. The van der Waals surface area contributed by atoms with Crippen LogP contribution >= 0.6 is 11.6 Å². The second kappa shape index (κ2) is 5.81. The first-order valence-electron chi connectivity index (χ1n) is 6.24. The molecule has 0 amide bonds. The number of rotatable bonds is 4. The number of esters is 2. The Hall–Kier alpha value is -1.95. The molecule has 0 N–H and O–H groups in total. The summed E-state index contributed by atoms with van der Waals surface area (Å²) in [5.41, 5.74) is 0.894. The summed E-state index contributed by atoms with van der Waals surface area (Å²) >= 11 is 5.94. The highest BCUT2D eigenvalue weighted by Crippen LogP contribution is 2.41. The zero-order valence-corrected chi connectivity index (χ0v) is 12.6. The van der Waals surface area contributed by atoms with Crippen molar-refractivity contribution < 1.29 is 28.5 Å². The quantitative estimate of drug-likeness (QED) is 0.478. The highest BCUT2D eigenvalue weighted by atomic mass is 35.5. The molecule has 1 aliphatic heterocycles. The van der Waals surface area contributed by atoms with Gasteiger partial charge < -0.3 is 18.9 Å². The molecule has 0 bridgehead atoms. The van der Waals surface area contributed by atoms with Crippen molar-refractivity contribution in [3.05, 3.63) is 23.8 Å². The Morgan fingerprint density at radius 3 is 2.29 bits per heavy atom. The minimum Gasteiger partial charge on any atom is -0.463 e. The van der Waals surface area contributed by atoms with E-state index in [1.165, 1.54) is 0 Å². The molecule has 21 heavy (non-hydrogen) atoms. The van der Waals surface area contributed by atoms with Gasteiger partial charge in [-0.15, -0.1) is 11.6 Å². The van der Waals surface area contributed by atoms with E-state index < -0.39 is 17.7 Å². The zero-order chi connectivity index (χ0) is 15.6. The normalized spacial score (nSPS) is 16.2. The van der Waals surface area contributed by atoms with Crippen LogP contribution in [-0.4, -0.2) is 37.3 Å². The molecule has 1 atom stereocenters. The van der Waals surface area contributed by atoms with Gasteiger partial charge in [0.1, 0.15) is 0 Å². The fraction of sp³-hybridized carbons (Fsp3) is 0.429. The molecule has 0 spiro atoms. The van der Waals surface area contributed by atoms with E-state index in [1.54, 1.807) is 18.2 Å². The van der Waals surface area contributed by atoms with E-state index in [0.717, 1.165) is 19.8 Å². The Labute approximate surface area is 126 Å². The fourth-order valence-corrected chi connectivity index (χ4v) is 2.20. The molecule has 0 fully saturated rings. The second-order valence-corrected chi connectivity index (χ2v) is 5.31. The number of halogens is 1. The topological polar surface area (TPSA) is 71.1 Å². The number of benzene rings is 1. The first-order valence-corrected chi connectivity index (χ1v) is 6.68. The van der Waals surface area contributed by atoms with Crippen LogP contribution < -0.4 is 9.47 Å². The van der Waals surface area contributed by atoms with Gasteiger partial charge in [-0.2, -0.15) is 0 Å². The number of hydrogen-bond donors (Lipinski definition) is 0. The van der Waals surface area contributed by atoms with Gasteiger partial charge in [0.2, 0.25) is 0 Å². The van der Waals surface area contributed by atoms with Crippen LogP contribution in [0, 0.1) is 0 Å². The monoisotopic (exact) mass is 314 g/mol. The molecule has 114 valence electrons. The maximum absolute atomic E-state index is 11.9. The van der Waals surface area contributed by atoms with Crippen LogP contribution in [0.25, 0.3) is 0 Å². The van der Waals surface area contributed by atoms with Gasteiger partial charge in [0, 0.05) is 5.38 Å². The maximum atomic E-state index is 11.9. The largest absolute Gasteiger partial charge is 0.463 e. The van der Waals surface area contributed by atoms with Gasteiger partial charge in [-0.25, -0.2) is 9.59 Å². The summed E-state index contributed by atoms with van der Waals surface area (Å²) in [6, 6.07) is 5.06. The first kappa shape index (κ1) is 15.4. The lowest BCUT2D eigenvalue weighted by atomic mass is 10.1. The first-order chi connectivity index (χ1) is 9.92. The SMILES string of the molecule is COC(=O)C1(C(=O)OC)Oc2ccc(CC(C)Cl)cc2O1. The van der Waals surface area contributed by atoms with Crippen molar-refractivity contribution in [3.8, 4) is 11.5 Å². The van der Waals surface area contributed by atoms with E-state index in [2.05, 4.69) is 9.47 Å². The minimum absolute atomic E-state index is 0.0589. The Morgan fingerprint density at radius 1 is 1.19 bits per heavy atom. The average molecular weight is 315 g/mol. The molecule has 1 aromatic carbocycles. The van der Waals surface area contributed by atoms with Crippen molar-refractivity contribution in [2.75, 3.05) is 14.2 Å². The van der Waals surface area contributed by atoms with Crippen molar-refractivity contribution in [2.45, 2.75) is 24.5 Å². The van der Waals surface area contributed by atoms with Crippen molar-refractivity contribution in [3.63, 3.8) is 0 Å². The van der Waals surface area contributed by atoms with E-state index >= 15 is 0 Å². The third kappa shape index (κ3) is 2.76. The molecule has 1 aromatic rings. The molecule has 0 saturated carbocycles. The van der Waals surface area contributed by atoms with Crippen molar-refractivity contribution >= 4 is 23.5 Å². The van der Waals surface area contributed by atoms with Gasteiger partial charge in [0.15, 0.2) is 11.5 Å². The van der Waals surface area contributed by atoms with Gasteiger partial charge in [-0.1, -0.05) is 6.07 Å². The van der Waals surface area contributed by atoms with E-state index in [4.69, 9.17) is 21.1 Å². The maximum Gasteiger partial charge on any atom is 0.453 e. The highest BCUT2D eigenvalue weighted by Gasteiger charge is 2.59. The standard InChI is InChI=1S/C14H15ClO6/c1-8(15)6-9-4-5-10-11(7-9)21-14(20-10,12(16)18-2)13(17)19-3/h4-5,7-8H,6H2,1-3H3. The van der Waals surface area contributed by atoms with Gasteiger partial charge in [0.25, 0.3) is 0 Å². The van der Waals surface area contributed by atoms with Crippen LogP contribution in [-0.2, 0) is 25.5 Å². The lowest BCUT2D eigenvalue weighted by Crippen LogP contribution is -2.55. The smallest absolute Gasteiger partial charge is 0.453 e. The van der Waals surface area contributed by atoms with Crippen LogP contribution in [0.15, 0.2) is 18.2 Å². The van der Waals surface area contributed by atoms with Gasteiger partial charge >= 0.3 is 17.7 Å². The van der Waals surface area contributed by atoms with Gasteiger partial charge in [-0.3, -0.25) is 0 Å². The Bertz CT molecular complexity index is 553. The fourth-order valence-electron chi connectivity index (χ4n) is 2.02. The molecule has 1 aliphatic rings. The molecule has 0 saturated heterocycles. The van der Waals surface area contributed by atoms with Crippen LogP contribution in [0.2, 0.25) is 0 Å². The highest BCUT2D eigenvalue weighted by molar-refractivity contribution is 6.20. The molecule has 6 nitrogen and oxygen atoms in total. The zero-order valence-electron chi connectivity index (χ0n) is 11.8. The van der Waals surface area contributed by atoms with Crippen LogP contribution in [0.5, 0.6) is 11.5 Å². The Balaban J connectivity index is 2.35. The van der Waals surface area contributed by atoms with E-state index in [-0.39, 0.29) is 16.9 Å². The number of carbonyl (C=O) groups excluding carboxylic acids is 2. The van der Waals surface area contributed by atoms with Gasteiger partial charge in [-0.05, 0) is 31.0 Å². The molecular weight excluding hydrogens is 300 g/mol. The summed E-state index contributed by atoms with van der Waals surface area (Å²) in [5.74, 6) is -3.70. The summed E-state index contributed by atoms with van der Waals surface area (Å²) in [6.45, 7) is 1.86. The molecule has 1 heterocycles. The molecule has 0 aliphatic carbocycles. The number of fused-ring (bicyclic) bond motifs is 1. The summed E-state index contributed by atoms with van der Waals surface area (Å²) in [7, 11) is 2.26. The summed E-state index contributed by atoms with van der Waals surface area (Å²) < 4.78 is 19.9. The molecule has 0 aromatic heterocycles. The van der Waals surface area contributed by atoms with Crippen molar-refractivity contribution in [1.29, 1.82) is 0 Å². The lowest BCUT2D eigenvalue weighted by molar-refractivity contribution is -0.199. The summed E-state index contributed by atoms with van der Waals surface area (Å²) in [5, 5.41) is -0.0589. The van der Waals surface area contributed by atoms with E-state index in [9.17, 15) is 9.59 Å². The third-order valence-corrected chi connectivity index (χ3v) is 3.10. The average Bonchev–Trinajstić information content (AvgIpc) is 2.84. The van der Waals surface area contributed by atoms with Crippen molar-refractivity contribution in [1.82, 2.24) is 0 Å². The van der Waals surface area contributed by atoms with Crippen LogP contribution in [0.4, 0.5) is 0 Å². The third-order valence-electron chi connectivity index (χ3n) is 2.94. The lowest BCUT2D eigenvalue weighted by Gasteiger charge is -2.21. The number of hydrogen-bond acceptors (Lipinski definition) is 6. The summed E-state index contributed by atoms with van der Waals surface area (Å²) in [6.07, 6.45) is 0.613. The van der Waals surface area contributed by atoms with Crippen LogP contribution in [0.3, 0.4) is 0 Å². The predicted octanol–water partition coefficient (Wildman–Crippen LogP) is 1.67. The Morgan fingerprint density at radius 2 is 1.76 bits per heavy atom. The molecule has 0 radical (unpaired) electrons. The van der Waals surface area contributed by atoms with Gasteiger partial charge in [0.05, 0.1) is 14.2 Å². The second-order valence-electron chi connectivity index (χ2n) is 4.57. The molecule has 7 heteroatoms. The Kier molecular flexibility index (Phi) is 4.27. The van der Waals surface area contributed by atoms with E-state index in [1.807, 2.05) is 6.92 Å². The molecule has 2 rings (SSSR count). The number of carbonyl (C=O) groups is 2. The predicted molar refractivity (Wildman–Crippen MR) is 73.5 cm³/mol. The minimum atomic E-state index is -2.25. The number of alkyl halides is 1. The molecular formula is C14H15ClO6. The van der Waals surface area contributed by atoms with Crippen LogP contribution in [0.1, 0.15) is 12.5 Å². The van der Waals surface area contributed by atoms with Crippen molar-refractivity contribution in [2.24, 2.45) is 0 Å². The number of methoxy groups -OCH3 is 2. The molecule has 1 unspecified atom stereocenters.